The molecular weight excluding hydrogens is 314 g/mol. The Hall–Kier alpha value is -1.92. The fourth-order valence-electron chi connectivity index (χ4n) is 2.03. The predicted octanol–water partition coefficient (Wildman–Crippen LogP) is 3.22. The predicted molar refractivity (Wildman–Crippen MR) is 93.8 cm³/mol. The van der Waals surface area contributed by atoms with Gasteiger partial charge >= 0.3 is 0 Å². The van der Waals surface area contributed by atoms with Crippen LogP contribution in [0.3, 0.4) is 0 Å². The van der Waals surface area contributed by atoms with E-state index in [0.29, 0.717) is 11.6 Å². The van der Waals surface area contributed by atoms with Gasteiger partial charge in [-0.1, -0.05) is 47.7 Å². The van der Waals surface area contributed by atoms with Crippen LogP contribution in [0.25, 0.3) is 0 Å². The SMILES string of the molecule is Cc1ccc(C[C@@H]2S/C(=N/N=C\c3cccs3)NC2=O)cc1. The number of amides is 1. The molecule has 0 bridgehead atoms. The molecule has 0 saturated carbocycles. The summed E-state index contributed by atoms with van der Waals surface area (Å²) in [5.74, 6) is -0.00403. The van der Waals surface area contributed by atoms with Gasteiger partial charge in [0.25, 0.3) is 0 Å². The number of rotatable bonds is 4. The van der Waals surface area contributed by atoms with Crippen LogP contribution >= 0.6 is 23.1 Å². The van der Waals surface area contributed by atoms with Crippen LogP contribution in [-0.4, -0.2) is 22.5 Å². The molecule has 1 atom stereocenters. The van der Waals surface area contributed by atoms with Crippen LogP contribution in [0.2, 0.25) is 0 Å². The Kier molecular flexibility index (Phi) is 4.70. The Balaban J connectivity index is 1.61. The van der Waals surface area contributed by atoms with E-state index in [1.54, 1.807) is 17.6 Å². The fraction of sp³-hybridized carbons (Fsp3) is 0.188. The minimum absolute atomic E-state index is 0.00403. The average molecular weight is 329 g/mol. The van der Waals surface area contributed by atoms with Gasteiger partial charge in [0, 0.05) is 4.88 Å². The smallest absolute Gasteiger partial charge is 0.239 e. The minimum atomic E-state index is -0.140. The highest BCUT2D eigenvalue weighted by Gasteiger charge is 2.30. The van der Waals surface area contributed by atoms with Crippen molar-refractivity contribution in [3.63, 3.8) is 0 Å². The molecule has 1 aliphatic heterocycles. The van der Waals surface area contributed by atoms with Gasteiger partial charge in [0.2, 0.25) is 5.91 Å². The van der Waals surface area contributed by atoms with Crippen LogP contribution in [0.4, 0.5) is 0 Å². The molecule has 1 N–H and O–H groups in total. The lowest BCUT2D eigenvalue weighted by Crippen LogP contribution is -2.25. The second-order valence-corrected chi connectivity index (χ2v) is 7.12. The normalized spacial score (nSPS) is 20.0. The molecule has 3 rings (SSSR count). The summed E-state index contributed by atoms with van der Waals surface area (Å²) in [6.45, 7) is 2.05. The van der Waals surface area contributed by atoms with Gasteiger partial charge in [-0.2, -0.15) is 5.10 Å². The third-order valence-corrected chi connectivity index (χ3v) is 5.07. The molecule has 2 heterocycles. The number of carbonyl (C=O) groups excluding carboxylic acids is 1. The minimum Gasteiger partial charge on any atom is -0.303 e. The van der Waals surface area contributed by atoms with E-state index in [2.05, 4.69) is 46.7 Å². The zero-order valence-corrected chi connectivity index (χ0v) is 13.7. The highest BCUT2D eigenvalue weighted by Crippen LogP contribution is 2.23. The molecule has 6 heteroatoms. The highest BCUT2D eigenvalue weighted by atomic mass is 32.2. The molecule has 2 aromatic rings. The molecular formula is C16H15N3OS2. The second-order valence-electron chi connectivity index (χ2n) is 4.95. The number of amidine groups is 1. The number of aryl methyl sites for hydroxylation is 1. The van der Waals surface area contributed by atoms with Gasteiger partial charge in [0.15, 0.2) is 5.17 Å². The molecule has 0 radical (unpaired) electrons. The van der Waals surface area contributed by atoms with E-state index in [-0.39, 0.29) is 11.2 Å². The quantitative estimate of drug-likeness (QED) is 0.692. The Morgan fingerprint density at radius 1 is 1.27 bits per heavy atom. The summed E-state index contributed by atoms with van der Waals surface area (Å²) >= 11 is 3.03. The zero-order valence-electron chi connectivity index (χ0n) is 12.0. The number of nitrogens with one attached hydrogen (secondary N) is 1. The summed E-state index contributed by atoms with van der Waals surface area (Å²) < 4.78 is 0. The van der Waals surface area contributed by atoms with Crippen molar-refractivity contribution in [1.29, 1.82) is 0 Å². The molecule has 4 nitrogen and oxygen atoms in total. The van der Waals surface area contributed by atoms with Crippen LogP contribution in [0.5, 0.6) is 0 Å². The molecule has 1 aromatic heterocycles. The Labute approximate surface area is 137 Å². The number of hydrogen-bond acceptors (Lipinski definition) is 5. The first-order chi connectivity index (χ1) is 10.7. The van der Waals surface area contributed by atoms with Crippen LogP contribution in [0.1, 0.15) is 16.0 Å². The van der Waals surface area contributed by atoms with Crippen molar-refractivity contribution in [2.75, 3.05) is 0 Å². The highest BCUT2D eigenvalue weighted by molar-refractivity contribution is 8.15. The fourth-order valence-corrected chi connectivity index (χ4v) is 3.57. The summed E-state index contributed by atoms with van der Waals surface area (Å²) in [6.07, 6.45) is 2.39. The summed E-state index contributed by atoms with van der Waals surface area (Å²) in [4.78, 5) is 13.0. The summed E-state index contributed by atoms with van der Waals surface area (Å²) in [6, 6.07) is 12.2. The Bertz CT molecular complexity index is 706. The third-order valence-electron chi connectivity index (χ3n) is 3.19. The summed E-state index contributed by atoms with van der Waals surface area (Å²) in [5.41, 5.74) is 2.37. The number of thiophene rings is 1. The van der Waals surface area contributed by atoms with Crippen LogP contribution in [-0.2, 0) is 11.2 Å². The molecule has 1 saturated heterocycles. The zero-order chi connectivity index (χ0) is 15.4. The lowest BCUT2D eigenvalue weighted by Gasteiger charge is -2.05. The maximum Gasteiger partial charge on any atom is 0.239 e. The Morgan fingerprint density at radius 2 is 2.09 bits per heavy atom. The first-order valence-corrected chi connectivity index (χ1v) is 8.64. The van der Waals surface area contributed by atoms with E-state index in [1.807, 2.05) is 17.5 Å². The average Bonchev–Trinajstić information content (AvgIpc) is 3.12. The number of hydrogen-bond donors (Lipinski definition) is 1. The van der Waals surface area contributed by atoms with Crippen molar-refractivity contribution < 1.29 is 4.79 Å². The molecule has 1 amide bonds. The van der Waals surface area contributed by atoms with Crippen molar-refractivity contribution in [1.82, 2.24) is 5.32 Å². The van der Waals surface area contributed by atoms with Crippen LogP contribution < -0.4 is 5.32 Å². The number of carbonyl (C=O) groups is 1. The van der Waals surface area contributed by atoms with E-state index in [0.717, 1.165) is 10.4 Å². The lowest BCUT2D eigenvalue weighted by molar-refractivity contribution is -0.118. The number of nitrogens with zero attached hydrogens (tertiary/aromatic N) is 2. The maximum atomic E-state index is 12.0. The lowest BCUT2D eigenvalue weighted by atomic mass is 10.1. The monoisotopic (exact) mass is 329 g/mol. The molecule has 1 fully saturated rings. The molecule has 0 spiro atoms. The topological polar surface area (TPSA) is 53.8 Å². The van der Waals surface area contributed by atoms with E-state index < -0.39 is 0 Å². The maximum absolute atomic E-state index is 12.0. The molecule has 1 aliphatic rings. The molecule has 1 aromatic carbocycles. The number of benzene rings is 1. The van der Waals surface area contributed by atoms with Crippen molar-refractivity contribution in [3.05, 3.63) is 57.8 Å². The largest absolute Gasteiger partial charge is 0.303 e. The van der Waals surface area contributed by atoms with Crippen molar-refractivity contribution >= 4 is 40.4 Å². The van der Waals surface area contributed by atoms with Crippen molar-refractivity contribution in [2.24, 2.45) is 10.2 Å². The van der Waals surface area contributed by atoms with E-state index in [4.69, 9.17) is 0 Å². The van der Waals surface area contributed by atoms with Crippen LogP contribution in [0, 0.1) is 6.92 Å². The van der Waals surface area contributed by atoms with E-state index in [1.165, 1.54) is 17.3 Å². The van der Waals surface area contributed by atoms with Gasteiger partial charge < -0.3 is 5.32 Å². The first kappa shape index (κ1) is 15.0. The molecule has 22 heavy (non-hydrogen) atoms. The van der Waals surface area contributed by atoms with Crippen molar-refractivity contribution in [2.45, 2.75) is 18.6 Å². The third kappa shape index (κ3) is 3.84. The van der Waals surface area contributed by atoms with Gasteiger partial charge in [0.05, 0.1) is 11.5 Å². The van der Waals surface area contributed by atoms with Crippen molar-refractivity contribution in [3.8, 4) is 0 Å². The second kappa shape index (κ2) is 6.89. The van der Waals surface area contributed by atoms with Gasteiger partial charge in [-0.25, -0.2) is 0 Å². The van der Waals surface area contributed by atoms with E-state index >= 15 is 0 Å². The Morgan fingerprint density at radius 3 is 2.82 bits per heavy atom. The first-order valence-electron chi connectivity index (χ1n) is 6.88. The standard InChI is InChI=1S/C16H15N3OS2/c1-11-4-6-12(7-5-11)9-14-15(20)18-16(22-14)19-17-10-13-3-2-8-21-13/h2-8,10,14H,9H2,1H3,(H,18,19,20)/b17-10-/t14-/m0/s1. The molecule has 0 unspecified atom stereocenters. The van der Waals surface area contributed by atoms with Gasteiger partial charge in [0.1, 0.15) is 0 Å². The van der Waals surface area contributed by atoms with E-state index in [9.17, 15) is 4.79 Å². The van der Waals surface area contributed by atoms with Gasteiger partial charge in [-0.05, 0) is 30.4 Å². The number of thioether (sulfide) groups is 1. The van der Waals surface area contributed by atoms with Gasteiger partial charge in [-0.3, -0.25) is 4.79 Å². The molecule has 112 valence electrons. The summed E-state index contributed by atoms with van der Waals surface area (Å²) in [5, 5.41) is 13.3. The molecule has 0 aliphatic carbocycles. The van der Waals surface area contributed by atoms with Crippen LogP contribution in [0.15, 0.2) is 52.0 Å². The summed E-state index contributed by atoms with van der Waals surface area (Å²) in [7, 11) is 0. The van der Waals surface area contributed by atoms with Gasteiger partial charge in [-0.15, -0.1) is 16.4 Å².